The molecular formula is C29H26I2O4. The van der Waals surface area contributed by atoms with E-state index < -0.39 is 11.9 Å². The van der Waals surface area contributed by atoms with Crippen LogP contribution < -0.4 is 52.6 Å². The molecule has 0 spiro atoms. The summed E-state index contributed by atoms with van der Waals surface area (Å²) >= 11 is 0.0574. The molecule has 0 aliphatic carbocycles. The van der Waals surface area contributed by atoms with E-state index in [1.807, 2.05) is 0 Å². The second kappa shape index (κ2) is 17.7. The van der Waals surface area contributed by atoms with Gasteiger partial charge >= 0.3 is 42.4 Å². The zero-order chi connectivity index (χ0) is 25.1. The first-order valence-corrected chi connectivity index (χ1v) is 15.2. The van der Waals surface area contributed by atoms with Gasteiger partial charge in [-0.15, -0.1) is 0 Å². The van der Waals surface area contributed by atoms with E-state index in [9.17, 15) is 19.8 Å². The van der Waals surface area contributed by atoms with Crippen LogP contribution in [-0.4, -0.2) is 11.9 Å². The summed E-state index contributed by atoms with van der Waals surface area (Å²) in [6.45, 7) is 0. The lowest BCUT2D eigenvalue weighted by molar-refractivity contribution is -0.597. The van der Waals surface area contributed by atoms with Crippen LogP contribution in [0.4, 0.5) is 0 Å². The average molecular weight is 692 g/mol. The number of carbonyl (C=O) groups is 2. The quantitative estimate of drug-likeness (QED) is 0.189. The van der Waals surface area contributed by atoms with E-state index in [1.54, 1.807) is 0 Å². The number of carboxylic acids is 2. The Morgan fingerprint density at radius 3 is 0.886 bits per heavy atom. The smallest absolute Gasteiger partial charge is 0.357 e. The first-order chi connectivity index (χ1) is 17.0. The van der Waals surface area contributed by atoms with Crippen molar-refractivity contribution in [3.63, 3.8) is 0 Å². The summed E-state index contributed by atoms with van der Waals surface area (Å²) in [5, 5.41) is 19.3. The zero-order valence-corrected chi connectivity index (χ0v) is 23.4. The van der Waals surface area contributed by atoms with Gasteiger partial charge in [0.15, 0.2) is 14.3 Å². The molecule has 0 radical (unpaired) electrons. The predicted molar refractivity (Wildman–Crippen MR) is 124 cm³/mol. The van der Waals surface area contributed by atoms with E-state index in [0.717, 1.165) is 0 Å². The van der Waals surface area contributed by atoms with Crippen LogP contribution in [0.15, 0.2) is 121 Å². The number of aliphatic carboxylic acids is 2. The Hall–Kier alpha value is -2.72. The van der Waals surface area contributed by atoms with Gasteiger partial charge in [0.2, 0.25) is 0 Å². The summed E-state index contributed by atoms with van der Waals surface area (Å²) in [5.41, 5.74) is 0. The largest absolute Gasteiger partial charge is 0.550 e. The van der Waals surface area contributed by atoms with Crippen LogP contribution in [0.3, 0.4) is 0 Å². The van der Waals surface area contributed by atoms with Crippen molar-refractivity contribution in [1.29, 1.82) is 0 Å². The second-order valence-electron chi connectivity index (χ2n) is 6.97. The number of hydrogen-bond acceptors (Lipinski definition) is 4. The molecule has 0 unspecified atom stereocenters. The molecular weight excluding hydrogens is 666 g/mol. The number of rotatable bonds is 8. The maximum absolute atomic E-state index is 9.66. The molecule has 0 aliphatic heterocycles. The van der Waals surface area contributed by atoms with Crippen molar-refractivity contribution in [2.45, 2.75) is 19.3 Å². The Kier molecular flexibility index (Phi) is 14.4. The third-order valence-corrected chi connectivity index (χ3v) is 9.50. The summed E-state index contributed by atoms with van der Waals surface area (Å²) in [5.74, 6) is -2.45. The predicted octanol–water partition coefficient (Wildman–Crippen LogP) is -2.71. The van der Waals surface area contributed by atoms with Crippen LogP contribution in [0.1, 0.15) is 19.3 Å². The van der Waals surface area contributed by atoms with Gasteiger partial charge in [0.1, 0.15) is 0 Å². The third-order valence-electron chi connectivity index (χ3n) is 4.13. The zero-order valence-electron chi connectivity index (χ0n) is 19.1. The highest BCUT2D eigenvalue weighted by atomic mass is 127. The lowest BCUT2D eigenvalue weighted by Crippen LogP contribution is -3.61. The SMILES string of the molecule is O=C([O-])CCCC(=O)[O-].c1ccc([I+]c2ccccc2)cc1.c1ccc([I+]c2ccccc2)cc1. The number of halogens is 2. The van der Waals surface area contributed by atoms with Gasteiger partial charge in [-0.05, 0) is 67.8 Å². The topological polar surface area (TPSA) is 80.3 Å². The van der Waals surface area contributed by atoms with E-state index in [1.165, 1.54) is 14.3 Å². The minimum Gasteiger partial charge on any atom is -0.550 e. The molecule has 6 heteroatoms. The Morgan fingerprint density at radius 1 is 0.457 bits per heavy atom. The van der Waals surface area contributed by atoms with Crippen LogP contribution in [0.5, 0.6) is 0 Å². The first-order valence-electron chi connectivity index (χ1n) is 10.9. The summed E-state index contributed by atoms with van der Waals surface area (Å²) in [6.07, 6.45) is -0.341. The van der Waals surface area contributed by atoms with Gasteiger partial charge < -0.3 is 19.8 Å². The van der Waals surface area contributed by atoms with E-state index >= 15 is 0 Å². The molecule has 35 heavy (non-hydrogen) atoms. The molecule has 0 amide bonds. The van der Waals surface area contributed by atoms with E-state index in [-0.39, 0.29) is 61.7 Å². The molecule has 4 rings (SSSR count). The van der Waals surface area contributed by atoms with Gasteiger partial charge in [-0.1, -0.05) is 72.8 Å². The number of carboxylic acid groups (broad SMARTS) is 2. The van der Waals surface area contributed by atoms with Gasteiger partial charge in [0.05, 0.1) is 0 Å². The van der Waals surface area contributed by atoms with Crippen molar-refractivity contribution in [3.8, 4) is 0 Å². The molecule has 4 aromatic carbocycles. The molecule has 0 bridgehead atoms. The van der Waals surface area contributed by atoms with Crippen molar-refractivity contribution < 1.29 is 62.2 Å². The summed E-state index contributed by atoms with van der Waals surface area (Å²) in [4.78, 5) is 19.3. The standard InChI is InChI=1S/2C12H10I.C5H8O4/c2*1-3-7-11(8-4-1)13-12-9-5-2-6-10-12;6-4(7)2-1-3-5(8)9/h2*1-10H;1-3H2,(H,6,7)(H,8,9)/q2*+1;/p-2. The molecule has 0 fully saturated rings. The number of carbonyl (C=O) groups excluding carboxylic acids is 2. The third kappa shape index (κ3) is 14.3. The molecule has 0 aromatic heterocycles. The van der Waals surface area contributed by atoms with Crippen molar-refractivity contribution in [2.24, 2.45) is 0 Å². The normalized spacial score (nSPS) is 9.60. The van der Waals surface area contributed by atoms with E-state index in [0.29, 0.717) is 0 Å². The maximum Gasteiger partial charge on any atom is 0.357 e. The molecule has 0 atom stereocenters. The Balaban J connectivity index is 0.000000190. The Bertz CT molecular complexity index is 941. The number of benzene rings is 4. The lowest BCUT2D eigenvalue weighted by Gasteiger charge is -2.01. The molecule has 4 aromatic rings. The monoisotopic (exact) mass is 692 g/mol. The van der Waals surface area contributed by atoms with E-state index in [4.69, 9.17) is 0 Å². The van der Waals surface area contributed by atoms with Crippen molar-refractivity contribution in [3.05, 3.63) is 136 Å². The van der Waals surface area contributed by atoms with Crippen molar-refractivity contribution in [1.82, 2.24) is 0 Å². The second-order valence-corrected chi connectivity index (χ2v) is 13.0. The fourth-order valence-corrected chi connectivity index (χ4v) is 7.08. The highest BCUT2D eigenvalue weighted by Gasteiger charge is 2.13. The van der Waals surface area contributed by atoms with Crippen LogP contribution in [0.2, 0.25) is 0 Å². The van der Waals surface area contributed by atoms with Gasteiger partial charge in [-0.25, -0.2) is 0 Å². The fourth-order valence-electron chi connectivity index (χ4n) is 2.54. The van der Waals surface area contributed by atoms with Crippen LogP contribution in [0, 0.1) is 14.3 Å². The van der Waals surface area contributed by atoms with Gasteiger partial charge in [-0.3, -0.25) is 0 Å². The lowest BCUT2D eigenvalue weighted by atomic mass is 10.2. The van der Waals surface area contributed by atoms with E-state index in [2.05, 4.69) is 121 Å². The highest BCUT2D eigenvalue weighted by molar-refractivity contribution is 5.67. The minimum absolute atomic E-state index is 0.0287. The first kappa shape index (κ1) is 28.5. The van der Waals surface area contributed by atoms with Gasteiger partial charge in [0, 0.05) is 11.9 Å². The summed E-state index contributed by atoms with van der Waals surface area (Å²) in [7, 11) is 0. The molecule has 0 saturated carbocycles. The molecule has 0 aliphatic rings. The van der Waals surface area contributed by atoms with Crippen LogP contribution in [0.25, 0.3) is 0 Å². The minimum atomic E-state index is -1.23. The summed E-state index contributed by atoms with van der Waals surface area (Å²) in [6, 6.07) is 42.8. The highest BCUT2D eigenvalue weighted by Crippen LogP contribution is 1.91. The van der Waals surface area contributed by atoms with Crippen molar-refractivity contribution >= 4 is 11.9 Å². The van der Waals surface area contributed by atoms with Gasteiger partial charge in [-0.2, -0.15) is 0 Å². The average Bonchev–Trinajstić information content (AvgIpc) is 2.87. The summed E-state index contributed by atoms with van der Waals surface area (Å²) < 4.78 is 5.92. The molecule has 180 valence electrons. The maximum atomic E-state index is 9.66. The fraction of sp³-hybridized carbons (Fsp3) is 0.103. The van der Waals surface area contributed by atoms with Crippen LogP contribution in [-0.2, 0) is 9.59 Å². The Labute approximate surface area is 227 Å². The molecule has 4 nitrogen and oxygen atoms in total. The number of hydrogen-bond donors (Lipinski definition) is 0. The molecule has 0 saturated heterocycles. The van der Waals surface area contributed by atoms with Crippen LogP contribution >= 0.6 is 0 Å². The molecule has 0 N–H and O–H groups in total. The molecule has 0 heterocycles. The Morgan fingerprint density at radius 2 is 0.686 bits per heavy atom. The van der Waals surface area contributed by atoms with Crippen molar-refractivity contribution in [2.75, 3.05) is 0 Å². The van der Waals surface area contributed by atoms with Gasteiger partial charge in [0.25, 0.3) is 0 Å².